The standard InChI is InChI=1S/C38H39FN8O8/c39-17-24-1-7-25(8-2-24)37(54)41-18-31(51)40-14-13-28(49)15-22-3-9-26(10-4-22)45-30(50)16-23-5-11-27(12-6-23)46-35-32-36(43-20-42-35)47(21-44-32)38-34(53)33(52)29(19-48)55-38/h1-12,20-21,29,33-34,38,48,52-53H,13-19H2,(H,40,51)(H,41,54)(H,45,50)(H,42,43,46)/t29-,33-,34-,38-/m1/s1. The van der Waals surface area contributed by atoms with E-state index >= 15 is 0 Å². The van der Waals surface area contributed by atoms with Gasteiger partial charge in [-0.15, -0.1) is 0 Å². The van der Waals surface area contributed by atoms with Gasteiger partial charge in [0.1, 0.15) is 37.1 Å². The third kappa shape index (κ3) is 9.70. The van der Waals surface area contributed by atoms with Gasteiger partial charge in [-0.2, -0.15) is 0 Å². The van der Waals surface area contributed by atoms with Crippen LogP contribution in [0.2, 0.25) is 0 Å². The molecule has 0 unspecified atom stereocenters. The minimum absolute atomic E-state index is 0.0954. The molecule has 16 nitrogen and oxygen atoms in total. The number of nitrogens with zero attached hydrogens (tertiary/aromatic N) is 4. The third-order valence-electron chi connectivity index (χ3n) is 8.88. The van der Waals surface area contributed by atoms with Gasteiger partial charge < -0.3 is 41.3 Å². The number of rotatable bonds is 16. The maximum atomic E-state index is 12.8. The molecule has 1 aliphatic heterocycles. The van der Waals surface area contributed by atoms with Gasteiger partial charge in [0.05, 0.1) is 25.9 Å². The van der Waals surface area contributed by atoms with Crippen molar-refractivity contribution in [2.45, 2.75) is 50.5 Å². The van der Waals surface area contributed by atoms with Crippen LogP contribution in [0.4, 0.5) is 21.6 Å². The number of aromatic nitrogens is 4. The highest BCUT2D eigenvalue weighted by atomic mass is 19.1. The molecule has 3 heterocycles. The lowest BCUT2D eigenvalue weighted by Gasteiger charge is -2.16. The number of fused-ring (bicyclic) bond motifs is 1. The van der Waals surface area contributed by atoms with E-state index in [9.17, 15) is 38.9 Å². The first-order valence-corrected chi connectivity index (χ1v) is 17.4. The number of hydrogen-bond donors (Lipinski definition) is 7. The molecule has 0 saturated carbocycles. The third-order valence-corrected chi connectivity index (χ3v) is 8.88. The molecule has 1 fully saturated rings. The molecule has 0 spiro atoms. The van der Waals surface area contributed by atoms with Crippen LogP contribution in [0.15, 0.2) is 85.5 Å². The monoisotopic (exact) mass is 754 g/mol. The lowest BCUT2D eigenvalue weighted by atomic mass is 10.1. The zero-order valence-corrected chi connectivity index (χ0v) is 29.4. The summed E-state index contributed by atoms with van der Waals surface area (Å²) in [5.41, 5.74) is 4.23. The van der Waals surface area contributed by atoms with Gasteiger partial charge in [-0.05, 0) is 53.1 Å². The summed E-state index contributed by atoms with van der Waals surface area (Å²) < 4.78 is 19.7. The Kier molecular flexibility index (Phi) is 12.5. The molecule has 5 aromatic rings. The first-order valence-electron chi connectivity index (χ1n) is 17.4. The Bertz CT molecular complexity index is 2130. The fourth-order valence-electron chi connectivity index (χ4n) is 5.91. The summed E-state index contributed by atoms with van der Waals surface area (Å²) in [4.78, 5) is 62.4. The van der Waals surface area contributed by atoms with Crippen molar-refractivity contribution in [1.82, 2.24) is 30.2 Å². The minimum Gasteiger partial charge on any atom is -0.394 e. The van der Waals surface area contributed by atoms with Crippen LogP contribution in [-0.2, 0) is 38.6 Å². The molecule has 55 heavy (non-hydrogen) atoms. The number of alkyl halides is 1. The first-order chi connectivity index (χ1) is 26.6. The number of hydrogen-bond acceptors (Lipinski definition) is 12. The van der Waals surface area contributed by atoms with Gasteiger partial charge in [-0.1, -0.05) is 36.4 Å². The van der Waals surface area contributed by atoms with Crippen molar-refractivity contribution in [3.8, 4) is 0 Å². The number of carbonyl (C=O) groups is 4. The number of aliphatic hydroxyl groups is 3. The average molecular weight is 755 g/mol. The Hall–Kier alpha value is -6.14. The van der Waals surface area contributed by atoms with Gasteiger partial charge in [0.2, 0.25) is 11.8 Å². The lowest BCUT2D eigenvalue weighted by molar-refractivity contribution is -0.121. The fraction of sp³-hybridized carbons (Fsp3) is 0.289. The molecule has 4 atom stereocenters. The van der Waals surface area contributed by atoms with Gasteiger partial charge in [0, 0.05) is 36.3 Å². The quantitative estimate of drug-likeness (QED) is 0.0766. The van der Waals surface area contributed by atoms with E-state index in [-0.39, 0.29) is 44.0 Å². The molecule has 17 heteroatoms. The van der Waals surface area contributed by atoms with E-state index in [4.69, 9.17) is 4.74 Å². The van der Waals surface area contributed by atoms with E-state index in [1.165, 1.54) is 41.5 Å². The number of imidazole rings is 1. The van der Waals surface area contributed by atoms with Crippen molar-refractivity contribution in [3.63, 3.8) is 0 Å². The lowest BCUT2D eigenvalue weighted by Crippen LogP contribution is -2.37. The summed E-state index contributed by atoms with van der Waals surface area (Å²) in [7, 11) is 0. The predicted molar refractivity (Wildman–Crippen MR) is 197 cm³/mol. The number of nitrogens with one attached hydrogen (secondary N) is 4. The Morgan fingerprint density at radius 1 is 0.782 bits per heavy atom. The summed E-state index contributed by atoms with van der Waals surface area (Å²) in [5.74, 6) is -0.854. The van der Waals surface area contributed by atoms with Crippen LogP contribution >= 0.6 is 0 Å². The average Bonchev–Trinajstić information content (AvgIpc) is 3.75. The molecule has 0 radical (unpaired) electrons. The van der Waals surface area contributed by atoms with Crippen LogP contribution < -0.4 is 21.3 Å². The molecule has 3 amide bonds. The zero-order valence-electron chi connectivity index (χ0n) is 29.4. The predicted octanol–water partition coefficient (Wildman–Crippen LogP) is 1.88. The number of Topliss-reactive ketones (excluding diaryl/α,β-unsaturated/α-hetero) is 1. The molecule has 3 aromatic carbocycles. The van der Waals surface area contributed by atoms with Gasteiger partial charge in [0.15, 0.2) is 23.2 Å². The van der Waals surface area contributed by atoms with E-state index in [0.29, 0.717) is 39.5 Å². The summed E-state index contributed by atoms with van der Waals surface area (Å²) >= 11 is 0. The second kappa shape index (κ2) is 17.8. The van der Waals surface area contributed by atoms with Gasteiger partial charge >= 0.3 is 0 Å². The minimum atomic E-state index is -1.29. The first kappa shape index (κ1) is 38.6. The molecule has 2 aromatic heterocycles. The molecule has 1 aliphatic rings. The van der Waals surface area contributed by atoms with Crippen LogP contribution in [0.5, 0.6) is 0 Å². The summed E-state index contributed by atoms with van der Waals surface area (Å²) in [6.45, 7) is -1.24. The summed E-state index contributed by atoms with van der Waals surface area (Å²) in [6.07, 6.45) is -1.41. The van der Waals surface area contributed by atoms with Crippen LogP contribution in [-0.4, -0.2) is 96.4 Å². The SMILES string of the molecule is O=C(CCNC(=O)CNC(=O)c1ccc(CF)cc1)Cc1ccc(NC(=O)Cc2ccc(Nc3ncnc4c3ncn4[C@@H]3O[C@H](CO)[C@@H](O)[C@H]3O)cc2)cc1. The summed E-state index contributed by atoms with van der Waals surface area (Å²) in [6, 6.07) is 20.0. The number of amides is 3. The van der Waals surface area contributed by atoms with Crippen LogP contribution in [0, 0.1) is 0 Å². The van der Waals surface area contributed by atoms with Crippen molar-refractivity contribution in [1.29, 1.82) is 0 Å². The number of anilines is 3. The second-order valence-corrected chi connectivity index (χ2v) is 12.8. The van der Waals surface area contributed by atoms with Crippen molar-refractivity contribution in [2.24, 2.45) is 0 Å². The van der Waals surface area contributed by atoms with E-state index in [0.717, 1.165) is 11.1 Å². The molecule has 0 aliphatic carbocycles. The maximum absolute atomic E-state index is 12.8. The number of halogens is 1. The summed E-state index contributed by atoms with van der Waals surface area (Å²) in [5, 5.41) is 41.1. The fourth-order valence-corrected chi connectivity index (χ4v) is 5.91. The molecular weight excluding hydrogens is 715 g/mol. The highest BCUT2D eigenvalue weighted by molar-refractivity contribution is 5.96. The van der Waals surface area contributed by atoms with Gasteiger partial charge in [-0.3, -0.25) is 23.7 Å². The highest BCUT2D eigenvalue weighted by Crippen LogP contribution is 2.32. The van der Waals surface area contributed by atoms with Crippen molar-refractivity contribution in [2.75, 3.05) is 30.3 Å². The Balaban J connectivity index is 0.918. The topological polar surface area (TPSA) is 230 Å². The number of carbonyl (C=O) groups excluding carboxylic acids is 4. The van der Waals surface area contributed by atoms with E-state index < -0.39 is 49.6 Å². The number of benzene rings is 3. The van der Waals surface area contributed by atoms with E-state index in [1.54, 1.807) is 48.5 Å². The van der Waals surface area contributed by atoms with Crippen molar-refractivity contribution < 1.29 is 43.6 Å². The van der Waals surface area contributed by atoms with Gasteiger partial charge in [0.25, 0.3) is 5.91 Å². The van der Waals surface area contributed by atoms with Crippen LogP contribution in [0.3, 0.4) is 0 Å². The van der Waals surface area contributed by atoms with Crippen molar-refractivity contribution >= 4 is 51.9 Å². The van der Waals surface area contributed by atoms with E-state index in [1.807, 2.05) is 0 Å². The number of ketones is 1. The number of aliphatic hydroxyl groups excluding tert-OH is 3. The second-order valence-electron chi connectivity index (χ2n) is 12.8. The largest absolute Gasteiger partial charge is 0.394 e. The molecular formula is C38H39FN8O8. The zero-order chi connectivity index (χ0) is 38.9. The molecule has 7 N–H and O–H groups in total. The van der Waals surface area contributed by atoms with Gasteiger partial charge in [-0.25, -0.2) is 19.3 Å². The van der Waals surface area contributed by atoms with E-state index in [2.05, 4.69) is 36.2 Å². The highest BCUT2D eigenvalue weighted by Gasteiger charge is 2.44. The molecule has 286 valence electrons. The van der Waals surface area contributed by atoms with Crippen LogP contribution in [0.1, 0.15) is 39.7 Å². The maximum Gasteiger partial charge on any atom is 0.251 e. The molecule has 6 rings (SSSR count). The molecule has 1 saturated heterocycles. The molecule has 0 bridgehead atoms. The Morgan fingerprint density at radius 2 is 1.45 bits per heavy atom. The smallest absolute Gasteiger partial charge is 0.251 e. The number of ether oxygens (including phenoxy) is 1. The van der Waals surface area contributed by atoms with Crippen LogP contribution in [0.25, 0.3) is 11.2 Å². The van der Waals surface area contributed by atoms with Crippen molar-refractivity contribution in [3.05, 3.63) is 108 Å². The normalized spacial score (nSPS) is 17.8. The Labute approximate surface area is 313 Å². The Morgan fingerprint density at radius 3 is 2.13 bits per heavy atom.